The van der Waals surface area contributed by atoms with Gasteiger partial charge in [-0.05, 0) is 19.8 Å². The van der Waals surface area contributed by atoms with E-state index in [0.717, 1.165) is 12.8 Å². The Morgan fingerprint density at radius 2 is 2.30 bits per heavy atom. The number of hydrogen-bond donors (Lipinski definition) is 0. The molecule has 10 heavy (non-hydrogen) atoms. The van der Waals surface area contributed by atoms with Crippen molar-refractivity contribution in [3.8, 4) is 0 Å². The lowest BCUT2D eigenvalue weighted by Crippen LogP contribution is -2.21. The monoisotopic (exact) mass is 144 g/mol. The minimum atomic E-state index is -0.306. The Morgan fingerprint density at radius 3 is 2.70 bits per heavy atom. The van der Waals surface area contributed by atoms with Crippen LogP contribution in [-0.4, -0.2) is 25.3 Å². The second-order valence-electron chi connectivity index (χ2n) is 2.54. The average Bonchev–Trinajstić information content (AvgIpc) is 2.34. The highest BCUT2D eigenvalue weighted by Crippen LogP contribution is 2.19. The third-order valence-corrected chi connectivity index (χ3v) is 1.70. The van der Waals surface area contributed by atoms with E-state index in [1.807, 2.05) is 6.92 Å². The van der Waals surface area contributed by atoms with Crippen molar-refractivity contribution < 1.29 is 14.3 Å². The maximum absolute atomic E-state index is 10.8. The summed E-state index contributed by atoms with van der Waals surface area (Å²) in [7, 11) is 1.38. The van der Waals surface area contributed by atoms with Gasteiger partial charge < -0.3 is 9.47 Å². The average molecular weight is 144 g/mol. The van der Waals surface area contributed by atoms with Gasteiger partial charge >= 0.3 is 5.97 Å². The van der Waals surface area contributed by atoms with E-state index in [1.54, 1.807) is 0 Å². The quantitative estimate of drug-likeness (QED) is 0.509. The van der Waals surface area contributed by atoms with Crippen molar-refractivity contribution in [3.63, 3.8) is 0 Å². The number of hydrogen-bond acceptors (Lipinski definition) is 3. The number of rotatable bonds is 1. The molecule has 2 atom stereocenters. The summed E-state index contributed by atoms with van der Waals surface area (Å²) in [5.41, 5.74) is 0. The Labute approximate surface area is 60.3 Å². The summed E-state index contributed by atoms with van der Waals surface area (Å²) in [4.78, 5) is 10.8. The van der Waals surface area contributed by atoms with Gasteiger partial charge in [0.15, 0.2) is 6.10 Å². The molecule has 0 unspecified atom stereocenters. The van der Waals surface area contributed by atoms with Crippen LogP contribution in [0.2, 0.25) is 0 Å². The number of carbonyl (C=O) groups is 1. The van der Waals surface area contributed by atoms with E-state index in [0.29, 0.717) is 0 Å². The van der Waals surface area contributed by atoms with E-state index < -0.39 is 0 Å². The predicted molar refractivity (Wildman–Crippen MR) is 35.6 cm³/mol. The third kappa shape index (κ3) is 1.48. The minimum Gasteiger partial charge on any atom is -0.467 e. The van der Waals surface area contributed by atoms with Crippen LogP contribution in [0.3, 0.4) is 0 Å². The highest BCUT2D eigenvalue weighted by Gasteiger charge is 2.28. The minimum absolute atomic E-state index is 0.212. The van der Waals surface area contributed by atoms with Crippen LogP contribution >= 0.6 is 0 Å². The first-order valence-corrected chi connectivity index (χ1v) is 3.47. The van der Waals surface area contributed by atoms with Crippen molar-refractivity contribution in [1.82, 2.24) is 0 Å². The molecule has 0 bridgehead atoms. The van der Waals surface area contributed by atoms with Crippen LogP contribution in [-0.2, 0) is 14.3 Å². The van der Waals surface area contributed by atoms with E-state index >= 15 is 0 Å². The summed E-state index contributed by atoms with van der Waals surface area (Å²) >= 11 is 0. The van der Waals surface area contributed by atoms with Gasteiger partial charge in [0.1, 0.15) is 0 Å². The lowest BCUT2D eigenvalue weighted by molar-refractivity contribution is -0.152. The highest BCUT2D eigenvalue weighted by molar-refractivity contribution is 5.74. The molecule has 0 spiro atoms. The number of ether oxygens (including phenoxy) is 2. The zero-order valence-corrected chi connectivity index (χ0v) is 6.29. The Morgan fingerprint density at radius 1 is 1.60 bits per heavy atom. The fraction of sp³-hybridized carbons (Fsp3) is 0.857. The molecular weight excluding hydrogens is 132 g/mol. The van der Waals surface area contributed by atoms with Crippen LogP contribution < -0.4 is 0 Å². The van der Waals surface area contributed by atoms with Crippen molar-refractivity contribution in [3.05, 3.63) is 0 Å². The maximum Gasteiger partial charge on any atom is 0.334 e. The van der Waals surface area contributed by atoms with E-state index in [1.165, 1.54) is 7.11 Å². The summed E-state index contributed by atoms with van der Waals surface area (Å²) in [5, 5.41) is 0. The van der Waals surface area contributed by atoms with Crippen LogP contribution in [0.25, 0.3) is 0 Å². The summed E-state index contributed by atoms with van der Waals surface area (Å²) in [6, 6.07) is 0. The van der Waals surface area contributed by atoms with Crippen molar-refractivity contribution in [2.45, 2.75) is 32.0 Å². The molecule has 0 saturated carbocycles. The van der Waals surface area contributed by atoms with Crippen molar-refractivity contribution >= 4 is 5.97 Å². The molecule has 1 heterocycles. The molecule has 0 radical (unpaired) electrons. The number of methoxy groups -OCH3 is 1. The molecule has 0 N–H and O–H groups in total. The van der Waals surface area contributed by atoms with Gasteiger partial charge in [-0.1, -0.05) is 0 Å². The Bertz CT molecular complexity index is 133. The fourth-order valence-electron chi connectivity index (χ4n) is 1.11. The lowest BCUT2D eigenvalue weighted by atomic mass is 10.2. The molecule has 0 aromatic heterocycles. The molecule has 3 nitrogen and oxygen atoms in total. The van der Waals surface area contributed by atoms with Crippen molar-refractivity contribution in [2.75, 3.05) is 7.11 Å². The SMILES string of the molecule is COC(=O)[C@H]1CC[C@H](C)O1. The Hall–Kier alpha value is -0.570. The Kier molecular flexibility index (Phi) is 2.27. The molecule has 0 aromatic rings. The van der Waals surface area contributed by atoms with Crippen LogP contribution in [0.15, 0.2) is 0 Å². The zero-order chi connectivity index (χ0) is 7.56. The number of esters is 1. The summed E-state index contributed by atoms with van der Waals surface area (Å²) < 4.78 is 9.76. The van der Waals surface area contributed by atoms with E-state index in [-0.39, 0.29) is 18.2 Å². The standard InChI is InChI=1S/C7H12O3/c1-5-3-4-6(10-5)7(8)9-2/h5-6H,3-4H2,1-2H3/t5-,6+/m0/s1. The maximum atomic E-state index is 10.8. The molecule has 1 rings (SSSR count). The van der Waals surface area contributed by atoms with Gasteiger partial charge in [-0.3, -0.25) is 0 Å². The molecule has 3 heteroatoms. The van der Waals surface area contributed by atoms with Gasteiger partial charge in [0, 0.05) is 0 Å². The second-order valence-corrected chi connectivity index (χ2v) is 2.54. The molecule has 1 fully saturated rings. The van der Waals surface area contributed by atoms with Gasteiger partial charge in [-0.2, -0.15) is 0 Å². The van der Waals surface area contributed by atoms with Crippen molar-refractivity contribution in [2.24, 2.45) is 0 Å². The van der Waals surface area contributed by atoms with Crippen LogP contribution in [0.1, 0.15) is 19.8 Å². The van der Waals surface area contributed by atoms with E-state index in [4.69, 9.17) is 4.74 Å². The van der Waals surface area contributed by atoms with E-state index in [2.05, 4.69) is 4.74 Å². The molecule has 0 aliphatic carbocycles. The normalized spacial score (nSPS) is 32.2. The van der Waals surface area contributed by atoms with Gasteiger partial charge in [0.25, 0.3) is 0 Å². The lowest BCUT2D eigenvalue weighted by Gasteiger charge is -2.06. The zero-order valence-electron chi connectivity index (χ0n) is 6.29. The molecule has 0 amide bonds. The van der Waals surface area contributed by atoms with Gasteiger partial charge in [-0.15, -0.1) is 0 Å². The molecule has 58 valence electrons. The van der Waals surface area contributed by atoms with Gasteiger partial charge in [0.05, 0.1) is 13.2 Å². The first-order chi connectivity index (χ1) is 4.74. The molecule has 1 aliphatic heterocycles. The van der Waals surface area contributed by atoms with Gasteiger partial charge in [-0.25, -0.2) is 4.79 Å². The number of carbonyl (C=O) groups excluding carboxylic acids is 1. The van der Waals surface area contributed by atoms with Crippen LogP contribution in [0.5, 0.6) is 0 Å². The first-order valence-electron chi connectivity index (χ1n) is 3.47. The summed E-state index contributed by atoms with van der Waals surface area (Å²) in [5.74, 6) is -0.246. The molecule has 0 aromatic carbocycles. The van der Waals surface area contributed by atoms with Crippen molar-refractivity contribution in [1.29, 1.82) is 0 Å². The van der Waals surface area contributed by atoms with Crippen LogP contribution in [0, 0.1) is 0 Å². The largest absolute Gasteiger partial charge is 0.467 e. The Balaban J connectivity index is 2.37. The predicted octanol–water partition coefficient (Wildman–Crippen LogP) is 0.727. The molecule has 1 saturated heterocycles. The van der Waals surface area contributed by atoms with Gasteiger partial charge in [0.2, 0.25) is 0 Å². The molecular formula is C7H12O3. The summed E-state index contributed by atoms with van der Waals surface area (Å²) in [6.45, 7) is 1.96. The first kappa shape index (κ1) is 7.54. The fourth-order valence-corrected chi connectivity index (χ4v) is 1.11. The smallest absolute Gasteiger partial charge is 0.334 e. The topological polar surface area (TPSA) is 35.5 Å². The van der Waals surface area contributed by atoms with E-state index in [9.17, 15) is 4.79 Å². The summed E-state index contributed by atoms with van der Waals surface area (Å²) in [6.07, 6.45) is 1.66. The highest BCUT2D eigenvalue weighted by atomic mass is 16.6. The second kappa shape index (κ2) is 3.01. The van der Waals surface area contributed by atoms with Crippen LogP contribution in [0.4, 0.5) is 0 Å². The third-order valence-electron chi connectivity index (χ3n) is 1.70. The molecule has 1 aliphatic rings.